The number of benzene rings is 1. The molecular weight excluding hydrogens is 228 g/mol. The van der Waals surface area contributed by atoms with Gasteiger partial charge in [-0.1, -0.05) is 19.1 Å². The SMILES string of the molecule is CCC(CC1CC1C(=O)O)c1ccc(O)c(C)c1. The monoisotopic (exact) mass is 248 g/mol. The summed E-state index contributed by atoms with van der Waals surface area (Å²) in [6, 6.07) is 5.70. The second-order valence-electron chi connectivity index (χ2n) is 5.33. The van der Waals surface area contributed by atoms with Crippen molar-refractivity contribution in [3.8, 4) is 5.75 Å². The lowest BCUT2D eigenvalue weighted by Crippen LogP contribution is -2.04. The van der Waals surface area contributed by atoms with Crippen molar-refractivity contribution < 1.29 is 15.0 Å². The Labute approximate surface area is 107 Å². The Morgan fingerprint density at radius 3 is 2.72 bits per heavy atom. The summed E-state index contributed by atoms with van der Waals surface area (Å²) in [6.07, 6.45) is 2.77. The van der Waals surface area contributed by atoms with E-state index < -0.39 is 5.97 Å². The maximum atomic E-state index is 10.8. The lowest BCUT2D eigenvalue weighted by Gasteiger charge is -2.16. The lowest BCUT2D eigenvalue weighted by atomic mass is 9.89. The Morgan fingerprint density at radius 2 is 2.22 bits per heavy atom. The molecule has 2 rings (SSSR count). The number of phenols is 1. The van der Waals surface area contributed by atoms with Crippen LogP contribution in [0.25, 0.3) is 0 Å². The molecule has 3 nitrogen and oxygen atoms in total. The van der Waals surface area contributed by atoms with Crippen molar-refractivity contribution in [3.63, 3.8) is 0 Å². The van der Waals surface area contributed by atoms with Crippen LogP contribution in [0.5, 0.6) is 5.75 Å². The molecule has 1 aliphatic carbocycles. The fourth-order valence-electron chi connectivity index (χ4n) is 2.65. The van der Waals surface area contributed by atoms with Crippen LogP contribution in [0.3, 0.4) is 0 Å². The van der Waals surface area contributed by atoms with E-state index in [1.54, 1.807) is 6.07 Å². The third-order valence-electron chi connectivity index (χ3n) is 4.01. The molecule has 1 fully saturated rings. The number of aryl methyl sites for hydroxylation is 1. The Hall–Kier alpha value is -1.51. The minimum absolute atomic E-state index is 0.128. The van der Waals surface area contributed by atoms with Crippen molar-refractivity contribution >= 4 is 5.97 Å². The molecule has 1 aliphatic rings. The molecule has 3 heteroatoms. The summed E-state index contributed by atoms with van der Waals surface area (Å²) in [4.78, 5) is 10.8. The maximum Gasteiger partial charge on any atom is 0.306 e. The van der Waals surface area contributed by atoms with E-state index in [-0.39, 0.29) is 5.92 Å². The highest BCUT2D eigenvalue weighted by Gasteiger charge is 2.43. The van der Waals surface area contributed by atoms with Gasteiger partial charge in [-0.05, 0) is 55.2 Å². The topological polar surface area (TPSA) is 57.5 Å². The summed E-state index contributed by atoms with van der Waals surface area (Å²) in [5.41, 5.74) is 2.10. The first-order chi connectivity index (χ1) is 8.52. The van der Waals surface area contributed by atoms with Gasteiger partial charge >= 0.3 is 5.97 Å². The van der Waals surface area contributed by atoms with E-state index in [2.05, 4.69) is 6.92 Å². The Morgan fingerprint density at radius 1 is 1.50 bits per heavy atom. The molecule has 0 aromatic heterocycles. The number of carboxylic acids is 1. The fourth-order valence-corrected chi connectivity index (χ4v) is 2.65. The van der Waals surface area contributed by atoms with Gasteiger partial charge in [0.1, 0.15) is 5.75 Å². The zero-order chi connectivity index (χ0) is 13.3. The molecule has 0 amide bonds. The standard InChI is InChI=1S/C15H20O3/c1-3-10(7-12-8-13(12)15(17)18)11-4-5-14(16)9(2)6-11/h4-6,10,12-13,16H,3,7-8H2,1-2H3,(H,17,18). The first-order valence-electron chi connectivity index (χ1n) is 6.55. The predicted molar refractivity (Wildman–Crippen MR) is 69.7 cm³/mol. The van der Waals surface area contributed by atoms with Crippen LogP contribution in [0.2, 0.25) is 0 Å². The average molecular weight is 248 g/mol. The van der Waals surface area contributed by atoms with E-state index in [0.29, 0.717) is 17.6 Å². The summed E-state index contributed by atoms with van der Waals surface area (Å²) >= 11 is 0. The normalized spacial score (nSPS) is 23.7. The molecule has 0 radical (unpaired) electrons. The third-order valence-corrected chi connectivity index (χ3v) is 4.01. The van der Waals surface area contributed by atoms with E-state index in [0.717, 1.165) is 24.8 Å². The second-order valence-corrected chi connectivity index (χ2v) is 5.33. The Bertz CT molecular complexity index is 453. The van der Waals surface area contributed by atoms with Crippen LogP contribution in [-0.4, -0.2) is 16.2 Å². The number of aliphatic carboxylic acids is 1. The zero-order valence-electron chi connectivity index (χ0n) is 10.9. The molecule has 0 heterocycles. The molecule has 3 atom stereocenters. The third kappa shape index (κ3) is 2.66. The summed E-state index contributed by atoms with van der Waals surface area (Å²) < 4.78 is 0. The number of phenolic OH excluding ortho intramolecular Hbond substituents is 1. The van der Waals surface area contributed by atoms with Gasteiger partial charge in [0, 0.05) is 0 Å². The van der Waals surface area contributed by atoms with Crippen LogP contribution in [0, 0.1) is 18.8 Å². The lowest BCUT2D eigenvalue weighted by molar-refractivity contribution is -0.138. The fraction of sp³-hybridized carbons (Fsp3) is 0.533. The minimum atomic E-state index is -0.656. The number of aromatic hydroxyl groups is 1. The van der Waals surface area contributed by atoms with Crippen molar-refractivity contribution in [1.82, 2.24) is 0 Å². The molecule has 3 unspecified atom stereocenters. The Balaban J connectivity index is 2.05. The first-order valence-corrected chi connectivity index (χ1v) is 6.55. The maximum absolute atomic E-state index is 10.8. The van der Waals surface area contributed by atoms with Gasteiger partial charge in [-0.2, -0.15) is 0 Å². The molecule has 0 saturated heterocycles. The number of carboxylic acid groups (broad SMARTS) is 1. The molecular formula is C15H20O3. The molecule has 2 N–H and O–H groups in total. The van der Waals surface area contributed by atoms with Gasteiger partial charge in [0.2, 0.25) is 0 Å². The highest BCUT2D eigenvalue weighted by Crippen LogP contribution is 2.46. The molecule has 1 aromatic carbocycles. The van der Waals surface area contributed by atoms with Gasteiger partial charge in [-0.25, -0.2) is 0 Å². The van der Waals surface area contributed by atoms with Crippen molar-refractivity contribution in [2.24, 2.45) is 11.8 Å². The highest BCUT2D eigenvalue weighted by molar-refractivity contribution is 5.73. The minimum Gasteiger partial charge on any atom is -0.508 e. The number of carbonyl (C=O) groups is 1. The van der Waals surface area contributed by atoms with Crippen molar-refractivity contribution in [2.45, 2.75) is 39.0 Å². The molecule has 1 aromatic rings. The summed E-state index contributed by atoms with van der Waals surface area (Å²) in [7, 11) is 0. The van der Waals surface area contributed by atoms with Crippen LogP contribution in [0.15, 0.2) is 18.2 Å². The van der Waals surface area contributed by atoms with Crippen LogP contribution >= 0.6 is 0 Å². The Kier molecular flexibility index (Phi) is 3.60. The van der Waals surface area contributed by atoms with Gasteiger partial charge in [0.15, 0.2) is 0 Å². The van der Waals surface area contributed by atoms with Gasteiger partial charge < -0.3 is 10.2 Å². The van der Waals surface area contributed by atoms with E-state index in [4.69, 9.17) is 5.11 Å². The quantitative estimate of drug-likeness (QED) is 0.840. The molecule has 98 valence electrons. The van der Waals surface area contributed by atoms with Crippen LogP contribution in [-0.2, 0) is 4.79 Å². The molecule has 1 saturated carbocycles. The van der Waals surface area contributed by atoms with Gasteiger partial charge in [-0.15, -0.1) is 0 Å². The van der Waals surface area contributed by atoms with Crippen LogP contribution < -0.4 is 0 Å². The van der Waals surface area contributed by atoms with E-state index in [1.165, 1.54) is 5.56 Å². The second kappa shape index (κ2) is 5.01. The van der Waals surface area contributed by atoms with E-state index >= 15 is 0 Å². The first kappa shape index (κ1) is 12.9. The summed E-state index contributed by atoms with van der Waals surface area (Å²) in [6.45, 7) is 4.02. The highest BCUT2D eigenvalue weighted by atomic mass is 16.4. The predicted octanol–water partition coefficient (Wildman–Crippen LogP) is 3.31. The van der Waals surface area contributed by atoms with E-state index in [1.807, 2.05) is 19.1 Å². The molecule has 18 heavy (non-hydrogen) atoms. The number of hydrogen-bond acceptors (Lipinski definition) is 2. The van der Waals surface area contributed by atoms with Crippen LogP contribution in [0.1, 0.15) is 43.2 Å². The van der Waals surface area contributed by atoms with Crippen LogP contribution in [0.4, 0.5) is 0 Å². The molecule has 0 bridgehead atoms. The van der Waals surface area contributed by atoms with Crippen molar-refractivity contribution in [1.29, 1.82) is 0 Å². The van der Waals surface area contributed by atoms with Gasteiger partial charge in [0.25, 0.3) is 0 Å². The summed E-state index contributed by atoms with van der Waals surface area (Å²) in [5, 5.41) is 18.5. The van der Waals surface area contributed by atoms with E-state index in [9.17, 15) is 9.90 Å². The largest absolute Gasteiger partial charge is 0.508 e. The van der Waals surface area contributed by atoms with Gasteiger partial charge in [0.05, 0.1) is 5.92 Å². The number of hydrogen-bond donors (Lipinski definition) is 2. The molecule has 0 spiro atoms. The smallest absolute Gasteiger partial charge is 0.306 e. The van der Waals surface area contributed by atoms with Crippen molar-refractivity contribution in [2.75, 3.05) is 0 Å². The molecule has 0 aliphatic heterocycles. The van der Waals surface area contributed by atoms with Crippen molar-refractivity contribution in [3.05, 3.63) is 29.3 Å². The van der Waals surface area contributed by atoms with Gasteiger partial charge in [-0.3, -0.25) is 4.79 Å². The zero-order valence-corrected chi connectivity index (χ0v) is 10.9. The average Bonchev–Trinajstić information content (AvgIpc) is 3.09. The summed E-state index contributed by atoms with van der Waals surface area (Å²) in [5.74, 6) is 0.276. The number of rotatable bonds is 5.